The largest absolute Gasteiger partial charge is 0.328 e. The van der Waals surface area contributed by atoms with Crippen molar-refractivity contribution >= 4 is 0 Å². The van der Waals surface area contributed by atoms with Crippen molar-refractivity contribution in [1.82, 2.24) is 20.2 Å². The highest BCUT2D eigenvalue weighted by Crippen LogP contribution is 2.22. The van der Waals surface area contributed by atoms with Crippen molar-refractivity contribution in [3.05, 3.63) is 48.3 Å². The number of aromatic nitrogens is 2. The van der Waals surface area contributed by atoms with Crippen LogP contribution in [-0.4, -0.2) is 53.6 Å². The van der Waals surface area contributed by atoms with E-state index in [9.17, 15) is 0 Å². The Morgan fingerprint density at radius 1 is 1.00 bits per heavy atom. The summed E-state index contributed by atoms with van der Waals surface area (Å²) in [5.41, 5.74) is 8.47. The predicted octanol–water partition coefficient (Wildman–Crippen LogP) is 3.90. The van der Waals surface area contributed by atoms with Crippen molar-refractivity contribution in [2.24, 2.45) is 11.7 Å². The molecule has 1 aromatic heterocycles. The molecule has 5 nitrogen and oxygen atoms in total. The zero-order chi connectivity index (χ0) is 21.0. The van der Waals surface area contributed by atoms with Gasteiger partial charge in [-0.2, -0.15) is 0 Å². The van der Waals surface area contributed by atoms with E-state index in [-0.39, 0.29) is 0 Å². The Labute approximate surface area is 182 Å². The summed E-state index contributed by atoms with van der Waals surface area (Å²) < 4.78 is 0. The van der Waals surface area contributed by atoms with Gasteiger partial charge in [0.05, 0.1) is 0 Å². The fourth-order valence-electron chi connectivity index (χ4n) is 4.33. The van der Waals surface area contributed by atoms with Crippen LogP contribution < -0.4 is 11.1 Å². The highest BCUT2D eigenvalue weighted by Gasteiger charge is 2.17. The highest BCUT2D eigenvalue weighted by atomic mass is 15.1. The van der Waals surface area contributed by atoms with Crippen LogP contribution in [0, 0.1) is 5.92 Å². The Hall–Kier alpha value is -1.82. The molecule has 30 heavy (non-hydrogen) atoms. The normalized spacial score (nSPS) is 19.3. The molecule has 1 saturated carbocycles. The number of hydrogen-bond donors (Lipinski definition) is 2. The third kappa shape index (κ3) is 7.78. The molecule has 5 heteroatoms. The Balaban J connectivity index is 1.28. The van der Waals surface area contributed by atoms with Crippen LogP contribution in [0.1, 0.15) is 51.0 Å². The van der Waals surface area contributed by atoms with Gasteiger partial charge < -0.3 is 16.0 Å². The minimum atomic E-state index is 0.454. The summed E-state index contributed by atoms with van der Waals surface area (Å²) in [7, 11) is 0. The zero-order valence-electron chi connectivity index (χ0n) is 18.6. The molecule has 1 aliphatic rings. The van der Waals surface area contributed by atoms with Gasteiger partial charge in [0.1, 0.15) is 0 Å². The molecule has 3 N–H and O–H groups in total. The molecule has 164 valence electrons. The van der Waals surface area contributed by atoms with Crippen LogP contribution in [0.4, 0.5) is 0 Å². The lowest BCUT2D eigenvalue weighted by atomic mass is 9.86. The lowest BCUT2D eigenvalue weighted by molar-refractivity contribution is 0.274. The number of benzene rings is 1. The summed E-state index contributed by atoms with van der Waals surface area (Å²) >= 11 is 0. The molecule has 0 atom stereocenters. The van der Waals surface area contributed by atoms with Gasteiger partial charge in [-0.15, -0.1) is 0 Å². The van der Waals surface area contributed by atoms with Gasteiger partial charge in [0.25, 0.3) is 0 Å². The van der Waals surface area contributed by atoms with E-state index in [1.54, 1.807) is 12.4 Å². The van der Waals surface area contributed by atoms with Gasteiger partial charge >= 0.3 is 0 Å². The third-order valence-corrected chi connectivity index (χ3v) is 6.32. The van der Waals surface area contributed by atoms with Crippen molar-refractivity contribution < 1.29 is 0 Å². The van der Waals surface area contributed by atoms with Gasteiger partial charge in [-0.3, -0.25) is 0 Å². The topological polar surface area (TPSA) is 67.1 Å². The van der Waals surface area contributed by atoms with Crippen molar-refractivity contribution in [3.63, 3.8) is 0 Å². The molecule has 0 unspecified atom stereocenters. The predicted molar refractivity (Wildman–Crippen MR) is 125 cm³/mol. The molecule has 3 rings (SSSR count). The number of hydrogen-bond acceptors (Lipinski definition) is 5. The molecule has 1 heterocycles. The van der Waals surface area contributed by atoms with Gasteiger partial charge in [-0.1, -0.05) is 31.2 Å². The number of nitrogens with zero attached hydrogens (tertiary/aromatic N) is 3. The minimum absolute atomic E-state index is 0.454. The maximum Gasteiger partial charge on any atom is 0.159 e. The SMILES string of the molecule is CCN(CCCNCC1CCC(N)CC1)CCCc1ccc(-c2ncccn2)cc1. The maximum absolute atomic E-state index is 6.00. The molecule has 1 aromatic carbocycles. The quantitative estimate of drug-likeness (QED) is 0.521. The first-order valence-electron chi connectivity index (χ1n) is 11.8. The molecular weight excluding hydrogens is 370 g/mol. The van der Waals surface area contributed by atoms with Crippen molar-refractivity contribution in [3.8, 4) is 11.4 Å². The fraction of sp³-hybridized carbons (Fsp3) is 0.600. The van der Waals surface area contributed by atoms with Gasteiger partial charge in [0, 0.05) is 24.0 Å². The first-order valence-corrected chi connectivity index (χ1v) is 11.8. The Kier molecular flexibility index (Phi) is 9.74. The lowest BCUT2D eigenvalue weighted by Crippen LogP contribution is -2.33. The summed E-state index contributed by atoms with van der Waals surface area (Å²) in [6.45, 7) is 8.05. The number of rotatable bonds is 12. The summed E-state index contributed by atoms with van der Waals surface area (Å²) in [5.74, 6) is 1.63. The fourth-order valence-corrected chi connectivity index (χ4v) is 4.33. The van der Waals surface area contributed by atoms with Crippen LogP contribution in [0.25, 0.3) is 11.4 Å². The van der Waals surface area contributed by atoms with E-state index in [4.69, 9.17) is 5.73 Å². The van der Waals surface area contributed by atoms with Crippen LogP contribution >= 0.6 is 0 Å². The molecule has 1 fully saturated rings. The Morgan fingerprint density at radius 3 is 2.40 bits per heavy atom. The first-order chi connectivity index (χ1) is 14.7. The number of nitrogens with two attached hydrogens (primary N) is 1. The van der Waals surface area contributed by atoms with E-state index < -0.39 is 0 Å². The standard InChI is InChI=1S/C25H39N5/c1-2-30(19-5-15-27-20-22-9-13-24(26)14-10-22)18-3-6-21-7-11-23(12-8-21)25-28-16-4-17-29-25/h4,7-8,11-12,16-17,22,24,27H,2-3,5-6,9-10,13-15,18-20,26H2,1H3. The molecule has 0 bridgehead atoms. The molecule has 2 aromatic rings. The second-order valence-electron chi connectivity index (χ2n) is 8.65. The summed E-state index contributed by atoms with van der Waals surface area (Å²) in [5, 5.41) is 3.67. The summed E-state index contributed by atoms with van der Waals surface area (Å²) in [6.07, 6.45) is 12.1. The molecule has 0 saturated heterocycles. The van der Waals surface area contributed by atoms with Crippen molar-refractivity contribution in [2.75, 3.05) is 32.7 Å². The van der Waals surface area contributed by atoms with Crippen molar-refractivity contribution in [1.29, 1.82) is 0 Å². The smallest absolute Gasteiger partial charge is 0.159 e. The molecule has 1 aliphatic carbocycles. The molecule has 0 spiro atoms. The van der Waals surface area contributed by atoms with Gasteiger partial charge in [-0.05, 0) is 95.2 Å². The van der Waals surface area contributed by atoms with Crippen LogP contribution in [0.3, 0.4) is 0 Å². The highest BCUT2D eigenvalue weighted by molar-refractivity contribution is 5.54. The Morgan fingerprint density at radius 2 is 1.70 bits per heavy atom. The second-order valence-corrected chi connectivity index (χ2v) is 8.65. The van der Waals surface area contributed by atoms with Gasteiger partial charge in [0.15, 0.2) is 5.82 Å². The minimum Gasteiger partial charge on any atom is -0.328 e. The maximum atomic E-state index is 6.00. The number of aryl methyl sites for hydroxylation is 1. The van der Waals surface area contributed by atoms with Crippen LogP contribution in [-0.2, 0) is 6.42 Å². The van der Waals surface area contributed by atoms with E-state index in [1.807, 2.05) is 6.07 Å². The lowest BCUT2D eigenvalue weighted by Gasteiger charge is -2.26. The molecule has 0 amide bonds. The van der Waals surface area contributed by atoms with E-state index in [0.717, 1.165) is 36.8 Å². The van der Waals surface area contributed by atoms with Crippen LogP contribution in [0.15, 0.2) is 42.7 Å². The zero-order valence-corrected chi connectivity index (χ0v) is 18.6. The van der Waals surface area contributed by atoms with Gasteiger partial charge in [-0.25, -0.2) is 9.97 Å². The molecule has 0 radical (unpaired) electrons. The molecule has 0 aliphatic heterocycles. The van der Waals surface area contributed by atoms with Gasteiger partial charge in [0.2, 0.25) is 0 Å². The Bertz CT molecular complexity index is 695. The third-order valence-electron chi connectivity index (χ3n) is 6.32. The van der Waals surface area contributed by atoms with Crippen LogP contribution in [0.2, 0.25) is 0 Å². The average Bonchev–Trinajstić information content (AvgIpc) is 2.80. The summed E-state index contributed by atoms with van der Waals surface area (Å²) in [4.78, 5) is 11.2. The monoisotopic (exact) mass is 409 g/mol. The van der Waals surface area contributed by atoms with Crippen molar-refractivity contribution in [2.45, 2.75) is 57.9 Å². The summed E-state index contributed by atoms with van der Waals surface area (Å²) in [6, 6.07) is 11.0. The van der Waals surface area contributed by atoms with E-state index in [2.05, 4.69) is 51.4 Å². The number of nitrogens with one attached hydrogen (secondary N) is 1. The molecular formula is C25H39N5. The first kappa shape index (κ1) is 22.9. The average molecular weight is 410 g/mol. The van der Waals surface area contributed by atoms with E-state index in [0.29, 0.717) is 6.04 Å². The van der Waals surface area contributed by atoms with E-state index in [1.165, 1.54) is 63.7 Å². The van der Waals surface area contributed by atoms with E-state index >= 15 is 0 Å². The van der Waals surface area contributed by atoms with Crippen LogP contribution in [0.5, 0.6) is 0 Å². The second kappa shape index (κ2) is 12.8.